The van der Waals surface area contributed by atoms with E-state index in [4.69, 9.17) is 4.74 Å². The number of nitrogens with zero attached hydrogens (tertiary/aromatic N) is 3. The lowest BCUT2D eigenvalue weighted by Gasteiger charge is -2.39. The quantitative estimate of drug-likeness (QED) is 0.546. The van der Waals surface area contributed by atoms with E-state index in [0.717, 1.165) is 45.0 Å². The van der Waals surface area contributed by atoms with Crippen molar-refractivity contribution in [3.8, 4) is 0 Å². The molecule has 4 rings (SSSR count). The Balaban J connectivity index is 1.44. The van der Waals surface area contributed by atoms with Crippen LogP contribution in [0.5, 0.6) is 0 Å². The Morgan fingerprint density at radius 2 is 1.78 bits per heavy atom. The number of fused-ring (bicyclic) bond motifs is 3. The van der Waals surface area contributed by atoms with E-state index >= 15 is 0 Å². The molecule has 2 heterocycles. The zero-order chi connectivity index (χ0) is 22.8. The smallest absolute Gasteiger partial charge is 0.170 e. The van der Waals surface area contributed by atoms with Gasteiger partial charge in [0.15, 0.2) is 5.72 Å². The summed E-state index contributed by atoms with van der Waals surface area (Å²) in [5.41, 5.74) is 4.58. The number of para-hydroxylation sites is 1. The van der Waals surface area contributed by atoms with Gasteiger partial charge >= 0.3 is 0 Å². The molecule has 0 saturated carbocycles. The van der Waals surface area contributed by atoms with Crippen LogP contribution in [-0.2, 0) is 10.2 Å². The van der Waals surface area contributed by atoms with Gasteiger partial charge in [-0.2, -0.15) is 12.6 Å². The Labute approximate surface area is 199 Å². The summed E-state index contributed by atoms with van der Waals surface area (Å²) in [5, 5.41) is 0. The van der Waals surface area contributed by atoms with Crippen molar-refractivity contribution in [3.63, 3.8) is 0 Å². The van der Waals surface area contributed by atoms with Crippen molar-refractivity contribution in [3.05, 3.63) is 65.7 Å². The molecule has 1 saturated heterocycles. The number of hydrogen-bond donors (Lipinski definition) is 1. The van der Waals surface area contributed by atoms with Crippen LogP contribution in [0.4, 0.5) is 11.4 Å². The van der Waals surface area contributed by atoms with Crippen molar-refractivity contribution in [2.45, 2.75) is 31.4 Å². The maximum absolute atomic E-state index is 6.45. The zero-order valence-corrected chi connectivity index (χ0v) is 20.8. The highest BCUT2D eigenvalue weighted by molar-refractivity contribution is 7.80. The summed E-state index contributed by atoms with van der Waals surface area (Å²) in [6.07, 6.45) is 5.64. The molecule has 1 atom stereocenters. The Hall–Kier alpha value is -1.95. The highest BCUT2D eigenvalue weighted by Gasteiger charge is 2.58. The average Bonchev–Trinajstić information content (AvgIpc) is 3.30. The normalized spacial score (nSPS) is 21.4. The SMILES string of the molecule is CN(CCS)CCCN(C)c1ccc(/C=C/C23OCCN2c2ccccc2C3(C)C)cc1. The van der Waals surface area contributed by atoms with Gasteiger partial charge in [0, 0.05) is 49.2 Å². The highest BCUT2D eigenvalue weighted by atomic mass is 32.1. The van der Waals surface area contributed by atoms with Gasteiger partial charge in [0.2, 0.25) is 0 Å². The van der Waals surface area contributed by atoms with E-state index in [1.165, 1.54) is 22.5 Å². The summed E-state index contributed by atoms with van der Waals surface area (Å²) >= 11 is 4.31. The predicted octanol–water partition coefficient (Wildman–Crippen LogP) is 4.91. The molecule has 32 heavy (non-hydrogen) atoms. The topological polar surface area (TPSA) is 19.0 Å². The third-order valence-corrected chi connectivity index (χ3v) is 7.35. The van der Waals surface area contributed by atoms with E-state index in [9.17, 15) is 0 Å². The summed E-state index contributed by atoms with van der Waals surface area (Å²) in [7, 11) is 4.33. The first kappa shape index (κ1) is 23.2. The van der Waals surface area contributed by atoms with Crippen LogP contribution in [-0.4, -0.2) is 63.3 Å². The van der Waals surface area contributed by atoms with E-state index in [-0.39, 0.29) is 5.41 Å². The molecule has 1 fully saturated rings. The van der Waals surface area contributed by atoms with Crippen LogP contribution in [0, 0.1) is 0 Å². The first-order valence-corrected chi connectivity index (χ1v) is 12.3. The van der Waals surface area contributed by atoms with Crippen molar-refractivity contribution >= 4 is 30.1 Å². The van der Waals surface area contributed by atoms with Gasteiger partial charge in [0.1, 0.15) is 0 Å². The maximum atomic E-state index is 6.45. The lowest BCUT2D eigenvalue weighted by atomic mass is 9.77. The highest BCUT2D eigenvalue weighted by Crippen LogP contribution is 2.54. The third kappa shape index (κ3) is 4.18. The summed E-state index contributed by atoms with van der Waals surface area (Å²) in [6, 6.07) is 17.6. The summed E-state index contributed by atoms with van der Waals surface area (Å²) in [4.78, 5) is 7.11. The van der Waals surface area contributed by atoms with Gasteiger partial charge in [0.05, 0.1) is 6.61 Å². The number of ether oxygens (including phenoxy) is 1. The molecule has 172 valence electrons. The van der Waals surface area contributed by atoms with Crippen LogP contribution in [0.1, 0.15) is 31.4 Å². The average molecular weight is 452 g/mol. The lowest BCUT2D eigenvalue weighted by Crippen LogP contribution is -2.51. The molecule has 2 aromatic carbocycles. The molecule has 1 unspecified atom stereocenters. The first-order valence-electron chi connectivity index (χ1n) is 11.7. The molecule has 0 aromatic heterocycles. The molecule has 2 aliphatic rings. The predicted molar refractivity (Wildman–Crippen MR) is 140 cm³/mol. The van der Waals surface area contributed by atoms with Gasteiger partial charge in [-0.15, -0.1) is 0 Å². The van der Waals surface area contributed by atoms with Crippen molar-refractivity contribution in [1.29, 1.82) is 0 Å². The van der Waals surface area contributed by atoms with E-state index in [0.29, 0.717) is 0 Å². The summed E-state index contributed by atoms with van der Waals surface area (Å²) < 4.78 is 6.45. The number of benzene rings is 2. The summed E-state index contributed by atoms with van der Waals surface area (Å²) in [6.45, 7) is 9.47. The molecule has 0 N–H and O–H groups in total. The van der Waals surface area contributed by atoms with Crippen LogP contribution >= 0.6 is 12.6 Å². The molecule has 4 nitrogen and oxygen atoms in total. The minimum atomic E-state index is -0.425. The molecule has 0 aliphatic carbocycles. The van der Waals surface area contributed by atoms with E-state index in [2.05, 4.69) is 116 Å². The molecular formula is C27H37N3OS. The monoisotopic (exact) mass is 451 g/mol. The third-order valence-electron chi connectivity index (χ3n) is 7.15. The Bertz CT molecular complexity index is 942. The molecule has 2 aliphatic heterocycles. The fraction of sp³-hybridized carbons (Fsp3) is 0.481. The van der Waals surface area contributed by atoms with Crippen molar-refractivity contribution in [2.75, 3.05) is 62.4 Å². The van der Waals surface area contributed by atoms with Gasteiger partial charge in [-0.25, -0.2) is 0 Å². The van der Waals surface area contributed by atoms with E-state index in [1.54, 1.807) is 0 Å². The fourth-order valence-corrected chi connectivity index (χ4v) is 5.51. The second-order valence-electron chi connectivity index (χ2n) is 9.57. The minimum Gasteiger partial charge on any atom is -0.375 e. The van der Waals surface area contributed by atoms with E-state index in [1.807, 2.05) is 0 Å². The lowest BCUT2D eigenvalue weighted by molar-refractivity contribution is 0.000337. The van der Waals surface area contributed by atoms with Crippen LogP contribution in [0.15, 0.2) is 54.6 Å². The molecule has 0 bridgehead atoms. The second kappa shape index (κ2) is 9.50. The van der Waals surface area contributed by atoms with Gasteiger partial charge in [0.25, 0.3) is 0 Å². The van der Waals surface area contributed by atoms with Crippen LogP contribution in [0.2, 0.25) is 0 Å². The fourth-order valence-electron chi connectivity index (χ4n) is 5.17. The van der Waals surface area contributed by atoms with Gasteiger partial charge in [-0.05, 0) is 55.4 Å². The second-order valence-corrected chi connectivity index (χ2v) is 10.0. The van der Waals surface area contributed by atoms with E-state index < -0.39 is 5.72 Å². The maximum Gasteiger partial charge on any atom is 0.170 e. The number of anilines is 2. The van der Waals surface area contributed by atoms with Gasteiger partial charge < -0.3 is 19.4 Å². The summed E-state index contributed by atoms with van der Waals surface area (Å²) in [5.74, 6) is 0.911. The number of rotatable bonds is 9. The number of thiol groups is 1. The van der Waals surface area contributed by atoms with Crippen molar-refractivity contribution in [1.82, 2.24) is 4.90 Å². The first-order chi connectivity index (χ1) is 15.4. The molecule has 0 spiro atoms. The Kier molecular flexibility index (Phi) is 6.89. The standard InChI is InChI=1S/C27H37N3OS/c1-26(2)24-8-5-6-9-25(24)30-18-20-31-27(26,30)15-14-22-10-12-23(13-11-22)29(4)17-7-16-28(3)19-21-32/h5-6,8-15,32H,7,16-21H2,1-4H3/b15-14+. The molecule has 0 amide bonds. The Morgan fingerprint density at radius 3 is 2.53 bits per heavy atom. The zero-order valence-electron chi connectivity index (χ0n) is 19.9. The van der Waals surface area contributed by atoms with Crippen LogP contribution < -0.4 is 9.80 Å². The largest absolute Gasteiger partial charge is 0.375 e. The molecular weight excluding hydrogens is 414 g/mol. The Morgan fingerprint density at radius 1 is 1.03 bits per heavy atom. The minimum absolute atomic E-state index is 0.114. The number of hydrogen-bond acceptors (Lipinski definition) is 5. The van der Waals surface area contributed by atoms with Crippen LogP contribution in [0.25, 0.3) is 6.08 Å². The van der Waals surface area contributed by atoms with Gasteiger partial charge in [-0.1, -0.05) is 50.3 Å². The van der Waals surface area contributed by atoms with Crippen molar-refractivity contribution in [2.24, 2.45) is 0 Å². The van der Waals surface area contributed by atoms with Crippen molar-refractivity contribution < 1.29 is 4.74 Å². The molecule has 2 aromatic rings. The van der Waals surface area contributed by atoms with Gasteiger partial charge in [-0.3, -0.25) is 0 Å². The molecule has 5 heteroatoms. The molecule has 0 radical (unpaired) electrons. The van der Waals surface area contributed by atoms with Crippen LogP contribution in [0.3, 0.4) is 0 Å².